The molecule has 33 heavy (non-hydrogen) atoms. The van der Waals surface area contributed by atoms with Crippen molar-refractivity contribution in [1.29, 1.82) is 0 Å². The van der Waals surface area contributed by atoms with E-state index in [2.05, 4.69) is 10.3 Å². The number of carbonyl (C=O) groups is 2. The van der Waals surface area contributed by atoms with Crippen LogP contribution >= 0.6 is 23.1 Å². The second-order valence-corrected chi connectivity index (χ2v) is 10.3. The zero-order valence-corrected chi connectivity index (χ0v) is 20.0. The van der Waals surface area contributed by atoms with Crippen LogP contribution in [-0.4, -0.2) is 33.8 Å². The molecular weight excluding hydrogens is 458 g/mol. The van der Waals surface area contributed by atoms with Gasteiger partial charge in [0.15, 0.2) is 5.16 Å². The van der Waals surface area contributed by atoms with Gasteiger partial charge in [-0.3, -0.25) is 14.2 Å². The van der Waals surface area contributed by atoms with Crippen LogP contribution in [0.3, 0.4) is 0 Å². The smallest absolute Gasteiger partial charge is 0.341 e. The average Bonchev–Trinajstić information content (AvgIpc) is 3.58. The Hall–Kier alpha value is -2.65. The molecule has 0 bridgehead atoms. The first kappa shape index (κ1) is 22.2. The van der Waals surface area contributed by atoms with Crippen LogP contribution in [0.2, 0.25) is 0 Å². The van der Waals surface area contributed by atoms with Crippen LogP contribution in [0.5, 0.6) is 0 Å². The van der Waals surface area contributed by atoms with E-state index < -0.39 is 0 Å². The molecule has 0 unspecified atom stereocenters. The highest BCUT2D eigenvalue weighted by Gasteiger charge is 2.30. The van der Waals surface area contributed by atoms with Crippen LogP contribution in [-0.2, 0) is 22.4 Å². The number of rotatable bonds is 7. The van der Waals surface area contributed by atoms with Gasteiger partial charge in [-0.05, 0) is 63.1 Å². The fraction of sp³-hybridized carbons (Fsp3) is 0.417. The quantitative estimate of drug-likeness (QED) is 0.301. The zero-order chi connectivity index (χ0) is 22.9. The number of amides is 1. The largest absolute Gasteiger partial charge is 0.462 e. The van der Waals surface area contributed by atoms with Crippen LogP contribution in [0.15, 0.2) is 34.2 Å². The Balaban J connectivity index is 1.37. The van der Waals surface area contributed by atoms with Gasteiger partial charge < -0.3 is 10.1 Å². The third-order valence-corrected chi connectivity index (χ3v) is 8.08. The van der Waals surface area contributed by atoms with E-state index in [4.69, 9.17) is 4.74 Å². The van der Waals surface area contributed by atoms with E-state index in [0.29, 0.717) is 33.2 Å². The number of nitrogens with zero attached hydrogens (tertiary/aromatic N) is 2. The summed E-state index contributed by atoms with van der Waals surface area (Å²) in [5.74, 6) is -0.505. The molecule has 2 aromatic heterocycles. The third kappa shape index (κ3) is 4.44. The van der Waals surface area contributed by atoms with Crippen molar-refractivity contribution in [3.05, 3.63) is 50.6 Å². The van der Waals surface area contributed by atoms with Gasteiger partial charge in [0.1, 0.15) is 5.00 Å². The molecule has 1 saturated carbocycles. The number of thioether (sulfide) groups is 1. The van der Waals surface area contributed by atoms with Crippen LogP contribution in [0.25, 0.3) is 10.9 Å². The van der Waals surface area contributed by atoms with E-state index >= 15 is 0 Å². The van der Waals surface area contributed by atoms with E-state index in [1.807, 2.05) is 18.2 Å². The number of aryl methyl sites for hydroxylation is 1. The molecule has 0 saturated heterocycles. The van der Waals surface area contributed by atoms with E-state index in [0.717, 1.165) is 49.0 Å². The number of thiophene rings is 1. The van der Waals surface area contributed by atoms with Crippen LogP contribution in [0.4, 0.5) is 5.00 Å². The molecule has 0 atom stereocenters. The highest BCUT2D eigenvalue weighted by Crippen LogP contribution is 2.39. The number of aromatic nitrogens is 2. The summed E-state index contributed by atoms with van der Waals surface area (Å²) in [6.45, 7) is 2.07. The van der Waals surface area contributed by atoms with Gasteiger partial charge in [0.05, 0.1) is 28.8 Å². The van der Waals surface area contributed by atoms with Crippen LogP contribution in [0.1, 0.15) is 59.4 Å². The summed E-state index contributed by atoms with van der Waals surface area (Å²) in [5, 5.41) is 4.66. The topological polar surface area (TPSA) is 90.3 Å². The van der Waals surface area contributed by atoms with E-state index in [1.165, 1.54) is 23.1 Å². The zero-order valence-electron chi connectivity index (χ0n) is 18.4. The number of benzene rings is 1. The van der Waals surface area contributed by atoms with E-state index in [1.54, 1.807) is 17.6 Å². The van der Waals surface area contributed by atoms with Gasteiger partial charge in [-0.1, -0.05) is 23.9 Å². The van der Waals surface area contributed by atoms with Crippen molar-refractivity contribution in [2.24, 2.45) is 0 Å². The summed E-state index contributed by atoms with van der Waals surface area (Å²) in [6, 6.07) is 7.46. The minimum Gasteiger partial charge on any atom is -0.462 e. The first-order chi connectivity index (χ1) is 16.1. The van der Waals surface area contributed by atoms with Gasteiger partial charge in [-0.15, -0.1) is 11.3 Å². The number of nitrogens with one attached hydrogen (secondary N) is 1. The monoisotopic (exact) mass is 483 g/mol. The van der Waals surface area contributed by atoms with Crippen molar-refractivity contribution in [2.75, 3.05) is 17.7 Å². The predicted molar refractivity (Wildman–Crippen MR) is 131 cm³/mol. The molecule has 3 aromatic rings. The summed E-state index contributed by atoms with van der Waals surface area (Å²) < 4.78 is 7.00. The van der Waals surface area contributed by atoms with Crippen molar-refractivity contribution in [1.82, 2.24) is 9.55 Å². The molecule has 0 radical (unpaired) electrons. The Morgan fingerprint density at radius 2 is 2.03 bits per heavy atom. The second kappa shape index (κ2) is 9.30. The number of para-hydroxylation sites is 1. The fourth-order valence-electron chi connectivity index (χ4n) is 4.25. The molecule has 1 N–H and O–H groups in total. The number of anilines is 1. The molecule has 7 nitrogen and oxygen atoms in total. The summed E-state index contributed by atoms with van der Waals surface area (Å²) in [7, 11) is 0. The number of hydrogen-bond donors (Lipinski definition) is 1. The molecule has 9 heteroatoms. The molecule has 172 valence electrons. The van der Waals surface area contributed by atoms with Gasteiger partial charge in [-0.25, -0.2) is 9.78 Å². The molecule has 1 amide bonds. The number of carbonyl (C=O) groups excluding carboxylic acids is 2. The molecule has 5 rings (SSSR count). The van der Waals surface area contributed by atoms with Crippen molar-refractivity contribution < 1.29 is 14.3 Å². The molecule has 0 aliphatic heterocycles. The molecule has 2 aliphatic carbocycles. The van der Waals surface area contributed by atoms with E-state index in [-0.39, 0.29) is 29.2 Å². The number of fused-ring (bicyclic) bond motifs is 2. The first-order valence-corrected chi connectivity index (χ1v) is 13.1. The summed E-state index contributed by atoms with van der Waals surface area (Å²) >= 11 is 2.74. The Kier molecular flexibility index (Phi) is 6.25. The van der Waals surface area contributed by atoms with E-state index in [9.17, 15) is 14.4 Å². The molecule has 2 aliphatic rings. The first-order valence-electron chi connectivity index (χ1n) is 11.3. The molecular formula is C24H25N3O4S2. The molecule has 1 fully saturated rings. The highest BCUT2D eigenvalue weighted by molar-refractivity contribution is 7.99. The maximum absolute atomic E-state index is 13.0. The van der Waals surface area contributed by atoms with Crippen LogP contribution < -0.4 is 10.9 Å². The fourth-order valence-corrected chi connectivity index (χ4v) is 6.41. The Morgan fingerprint density at radius 3 is 2.82 bits per heavy atom. The van der Waals surface area contributed by atoms with Crippen LogP contribution in [0, 0.1) is 0 Å². The van der Waals surface area contributed by atoms with Crippen molar-refractivity contribution in [2.45, 2.75) is 56.6 Å². The molecule has 1 aromatic carbocycles. The van der Waals surface area contributed by atoms with Gasteiger partial charge in [0.2, 0.25) is 5.91 Å². The summed E-state index contributed by atoms with van der Waals surface area (Å²) in [6.07, 6.45) is 5.77. The Morgan fingerprint density at radius 1 is 1.24 bits per heavy atom. The predicted octanol–water partition coefficient (Wildman–Crippen LogP) is 4.58. The number of esters is 1. The number of hydrogen-bond acceptors (Lipinski definition) is 7. The normalized spacial score (nSPS) is 15.3. The van der Waals surface area contributed by atoms with Gasteiger partial charge in [0, 0.05) is 10.9 Å². The summed E-state index contributed by atoms with van der Waals surface area (Å²) in [4.78, 5) is 44.4. The minimum absolute atomic E-state index is 0.0541. The molecule has 2 heterocycles. The number of ether oxygens (including phenoxy) is 1. The lowest BCUT2D eigenvalue weighted by Gasteiger charge is -2.13. The van der Waals surface area contributed by atoms with Gasteiger partial charge >= 0.3 is 5.97 Å². The Labute approximate surface area is 199 Å². The third-order valence-electron chi connectivity index (χ3n) is 5.92. The Bertz CT molecular complexity index is 1290. The average molecular weight is 484 g/mol. The second-order valence-electron chi connectivity index (χ2n) is 8.29. The lowest BCUT2D eigenvalue weighted by molar-refractivity contribution is -0.113. The van der Waals surface area contributed by atoms with Gasteiger partial charge in [0.25, 0.3) is 5.56 Å². The van der Waals surface area contributed by atoms with Gasteiger partial charge in [-0.2, -0.15) is 0 Å². The lowest BCUT2D eigenvalue weighted by Crippen LogP contribution is -2.23. The SMILES string of the molecule is CCOC(=O)c1c(NC(=O)CSc2nc3ccccc3c(=O)n2C2CC2)sc2c1CCCC2. The maximum Gasteiger partial charge on any atom is 0.341 e. The standard InChI is InChI=1S/C24H25N3O4S2/c1-2-31-23(30)20-16-8-4-6-10-18(16)33-21(20)26-19(28)13-32-24-25-17-9-5-3-7-15(17)22(29)27(24)14-11-12-14/h3,5,7,9,14H,2,4,6,8,10-13H2,1H3,(H,26,28). The molecule has 0 spiro atoms. The lowest BCUT2D eigenvalue weighted by atomic mass is 9.95. The summed E-state index contributed by atoms with van der Waals surface area (Å²) in [5.41, 5.74) is 2.11. The van der Waals surface area contributed by atoms with Crippen molar-refractivity contribution in [3.8, 4) is 0 Å². The highest BCUT2D eigenvalue weighted by atomic mass is 32.2. The van der Waals surface area contributed by atoms with Crippen molar-refractivity contribution in [3.63, 3.8) is 0 Å². The maximum atomic E-state index is 13.0. The van der Waals surface area contributed by atoms with Crippen molar-refractivity contribution >= 4 is 50.9 Å². The minimum atomic E-state index is -0.376.